The van der Waals surface area contributed by atoms with E-state index >= 15 is 0 Å². The van der Waals surface area contributed by atoms with E-state index in [0.717, 1.165) is 5.69 Å². The van der Waals surface area contributed by atoms with Gasteiger partial charge in [-0.05, 0) is 19.1 Å². The molecule has 0 aliphatic carbocycles. The average molecular weight is 309 g/mol. The Morgan fingerprint density at radius 2 is 2.10 bits per heavy atom. The Morgan fingerprint density at radius 3 is 2.75 bits per heavy atom. The van der Waals surface area contributed by atoms with Gasteiger partial charge in [-0.25, -0.2) is 10.4 Å². The topological polar surface area (TPSA) is 66.4 Å². The highest BCUT2D eigenvalue weighted by molar-refractivity contribution is 7.17. The maximum Gasteiger partial charge on any atom is 0.236 e. The summed E-state index contributed by atoms with van der Waals surface area (Å²) in [6.07, 6.45) is 1.47. The van der Waals surface area contributed by atoms with Gasteiger partial charge < -0.3 is 5.32 Å². The molecule has 1 heterocycles. The molecule has 0 bridgehead atoms. The predicted octanol–water partition coefficient (Wildman–Crippen LogP) is 3.32. The van der Waals surface area contributed by atoms with Crippen molar-refractivity contribution in [2.24, 2.45) is 5.10 Å². The van der Waals surface area contributed by atoms with Gasteiger partial charge in [-0.1, -0.05) is 40.6 Å². The maximum atomic E-state index is 10.7. The van der Waals surface area contributed by atoms with Crippen LogP contribution in [0.15, 0.2) is 29.4 Å². The molecule has 1 amide bonds. The molecule has 0 fully saturated rings. The lowest BCUT2D eigenvalue weighted by atomic mass is 10.2. The van der Waals surface area contributed by atoms with Crippen LogP contribution in [0.1, 0.15) is 17.4 Å². The Bertz CT molecular complexity index is 636. The number of nitrogens with one attached hydrogen (secondary N) is 2. The highest BCUT2D eigenvalue weighted by Gasteiger charge is 2.07. The lowest BCUT2D eigenvalue weighted by Crippen LogP contribution is -2.12. The van der Waals surface area contributed by atoms with Gasteiger partial charge >= 0.3 is 0 Å². The zero-order valence-corrected chi connectivity index (χ0v) is 12.5. The lowest BCUT2D eigenvalue weighted by molar-refractivity contribution is -0.118. The largest absolute Gasteiger partial charge is 0.331 e. The Labute approximate surface area is 125 Å². The number of aryl methyl sites for hydroxylation is 1. The quantitative estimate of drug-likeness (QED) is 0.672. The monoisotopic (exact) mass is 308 g/mol. The lowest BCUT2D eigenvalue weighted by Gasteiger charge is -2.01. The van der Waals surface area contributed by atoms with Crippen LogP contribution in [0.5, 0.6) is 0 Å². The molecule has 0 spiro atoms. The summed E-state index contributed by atoms with van der Waals surface area (Å²) in [5.41, 5.74) is 4.44. The van der Waals surface area contributed by atoms with Gasteiger partial charge in [-0.3, -0.25) is 4.79 Å². The van der Waals surface area contributed by atoms with E-state index in [2.05, 4.69) is 20.8 Å². The summed E-state index contributed by atoms with van der Waals surface area (Å²) in [5.74, 6) is -0.236. The third-order valence-electron chi connectivity index (χ3n) is 2.32. The van der Waals surface area contributed by atoms with Crippen molar-refractivity contribution in [1.82, 2.24) is 10.4 Å². The summed E-state index contributed by atoms with van der Waals surface area (Å²) in [4.78, 5) is 15.6. The van der Waals surface area contributed by atoms with Crippen LogP contribution in [0, 0.1) is 6.92 Å². The second-order valence-electron chi connectivity index (χ2n) is 4.09. The molecule has 1 aromatic heterocycles. The van der Waals surface area contributed by atoms with Gasteiger partial charge in [0.25, 0.3) is 0 Å². The first-order chi connectivity index (χ1) is 9.54. The van der Waals surface area contributed by atoms with Crippen LogP contribution in [-0.2, 0) is 4.79 Å². The van der Waals surface area contributed by atoms with Crippen molar-refractivity contribution in [2.45, 2.75) is 13.8 Å². The second-order valence-corrected chi connectivity index (χ2v) is 5.48. The van der Waals surface area contributed by atoms with Crippen molar-refractivity contribution in [3.8, 4) is 0 Å². The average Bonchev–Trinajstić information content (AvgIpc) is 2.72. The number of hydrogen-bond donors (Lipinski definition) is 2. The van der Waals surface area contributed by atoms with E-state index in [9.17, 15) is 4.79 Å². The fourth-order valence-electron chi connectivity index (χ4n) is 1.39. The third-order valence-corrected chi connectivity index (χ3v) is 3.62. The number of rotatable bonds is 4. The predicted molar refractivity (Wildman–Crippen MR) is 83.0 cm³/mol. The molecule has 0 radical (unpaired) electrons. The molecule has 2 rings (SSSR count). The molecule has 2 N–H and O–H groups in total. The molecule has 1 aromatic carbocycles. The summed E-state index contributed by atoms with van der Waals surface area (Å²) in [5, 5.41) is 7.95. The number of amides is 1. The van der Waals surface area contributed by atoms with Gasteiger partial charge in [-0.15, -0.1) is 0 Å². The Balaban J connectivity index is 2.08. The molecular formula is C13H13ClN4OS. The SMILES string of the molecule is CC(=O)N/N=C/c1sc(Nc2ccc(C)cc2)nc1Cl. The van der Waals surface area contributed by atoms with E-state index in [4.69, 9.17) is 11.6 Å². The first-order valence-corrected chi connectivity index (χ1v) is 7.03. The van der Waals surface area contributed by atoms with Gasteiger partial charge in [0.05, 0.1) is 11.1 Å². The minimum Gasteiger partial charge on any atom is -0.331 e. The molecule has 0 aliphatic rings. The van der Waals surface area contributed by atoms with Crippen LogP contribution >= 0.6 is 22.9 Å². The van der Waals surface area contributed by atoms with E-state index in [0.29, 0.717) is 15.2 Å². The summed E-state index contributed by atoms with van der Waals surface area (Å²) >= 11 is 7.36. The van der Waals surface area contributed by atoms with E-state index < -0.39 is 0 Å². The number of thiazole rings is 1. The van der Waals surface area contributed by atoms with Crippen molar-refractivity contribution in [3.63, 3.8) is 0 Å². The minimum atomic E-state index is -0.236. The first kappa shape index (κ1) is 14.5. The van der Waals surface area contributed by atoms with Gasteiger partial charge in [0, 0.05) is 12.6 Å². The van der Waals surface area contributed by atoms with Crippen molar-refractivity contribution < 1.29 is 4.79 Å². The van der Waals surface area contributed by atoms with Gasteiger partial charge in [0.2, 0.25) is 5.91 Å². The van der Waals surface area contributed by atoms with Crippen molar-refractivity contribution in [3.05, 3.63) is 39.9 Å². The van der Waals surface area contributed by atoms with Crippen molar-refractivity contribution >= 4 is 45.9 Å². The van der Waals surface area contributed by atoms with E-state index in [1.807, 2.05) is 31.2 Å². The number of carbonyl (C=O) groups is 1. The van der Waals surface area contributed by atoms with E-state index in [1.54, 1.807) is 0 Å². The molecule has 5 nitrogen and oxygen atoms in total. The number of carbonyl (C=O) groups excluding carboxylic acids is 1. The molecule has 0 atom stereocenters. The summed E-state index contributed by atoms with van der Waals surface area (Å²) in [6, 6.07) is 7.96. The highest BCUT2D eigenvalue weighted by Crippen LogP contribution is 2.27. The Hall–Kier alpha value is -1.92. The number of anilines is 2. The maximum absolute atomic E-state index is 10.7. The molecular weight excluding hydrogens is 296 g/mol. The normalized spacial score (nSPS) is 10.8. The van der Waals surface area contributed by atoms with Gasteiger partial charge in [-0.2, -0.15) is 5.10 Å². The number of halogens is 1. The van der Waals surface area contributed by atoms with E-state index in [1.165, 1.54) is 30.0 Å². The molecule has 7 heteroatoms. The number of hydrazone groups is 1. The van der Waals surface area contributed by atoms with Crippen LogP contribution < -0.4 is 10.7 Å². The molecule has 0 saturated heterocycles. The zero-order valence-electron chi connectivity index (χ0n) is 11.0. The van der Waals surface area contributed by atoms with Crippen LogP contribution in [0.2, 0.25) is 5.15 Å². The summed E-state index contributed by atoms with van der Waals surface area (Å²) in [6.45, 7) is 3.41. The molecule has 0 unspecified atom stereocenters. The second kappa shape index (κ2) is 6.49. The van der Waals surface area contributed by atoms with Gasteiger partial charge in [0.15, 0.2) is 10.3 Å². The number of nitrogens with zero attached hydrogens (tertiary/aromatic N) is 2. The molecule has 2 aromatic rings. The first-order valence-electron chi connectivity index (χ1n) is 5.84. The van der Waals surface area contributed by atoms with Crippen LogP contribution in [0.4, 0.5) is 10.8 Å². The number of benzene rings is 1. The molecule has 0 saturated carbocycles. The highest BCUT2D eigenvalue weighted by atomic mass is 35.5. The van der Waals surface area contributed by atoms with Crippen LogP contribution in [0.3, 0.4) is 0 Å². The molecule has 0 aliphatic heterocycles. The van der Waals surface area contributed by atoms with Crippen molar-refractivity contribution in [2.75, 3.05) is 5.32 Å². The molecule has 20 heavy (non-hydrogen) atoms. The molecule has 104 valence electrons. The zero-order chi connectivity index (χ0) is 14.5. The summed E-state index contributed by atoms with van der Waals surface area (Å²) in [7, 11) is 0. The Kier molecular flexibility index (Phi) is 4.70. The third kappa shape index (κ3) is 4.04. The minimum absolute atomic E-state index is 0.236. The summed E-state index contributed by atoms with van der Waals surface area (Å²) < 4.78 is 0. The van der Waals surface area contributed by atoms with E-state index in [-0.39, 0.29) is 5.91 Å². The fraction of sp³-hybridized carbons (Fsp3) is 0.154. The Morgan fingerprint density at radius 1 is 1.40 bits per heavy atom. The van der Waals surface area contributed by atoms with Crippen LogP contribution in [-0.4, -0.2) is 17.1 Å². The smallest absolute Gasteiger partial charge is 0.236 e. The number of hydrogen-bond acceptors (Lipinski definition) is 5. The van der Waals surface area contributed by atoms with Crippen LogP contribution in [0.25, 0.3) is 0 Å². The fourth-order valence-corrected chi connectivity index (χ4v) is 2.44. The van der Waals surface area contributed by atoms with Crippen molar-refractivity contribution in [1.29, 1.82) is 0 Å². The number of aromatic nitrogens is 1. The van der Waals surface area contributed by atoms with Gasteiger partial charge in [0.1, 0.15) is 0 Å². The standard InChI is InChI=1S/C13H13ClN4OS/c1-8-3-5-10(6-4-8)16-13-17-12(14)11(20-13)7-15-18-9(2)19/h3-7H,1-2H3,(H,16,17)(H,18,19)/b15-7+.